The summed E-state index contributed by atoms with van der Waals surface area (Å²) in [5.74, 6) is -3.19. The minimum atomic E-state index is -1.05. The predicted octanol–water partition coefficient (Wildman–Crippen LogP) is 0.574. The maximum Gasteiger partial charge on any atom is 0.312 e. The number of hydrogen-bond donors (Lipinski definition) is 2. The van der Waals surface area contributed by atoms with Crippen molar-refractivity contribution in [1.82, 2.24) is 24.7 Å². The van der Waals surface area contributed by atoms with Gasteiger partial charge in [-0.05, 0) is 42.9 Å². The van der Waals surface area contributed by atoms with Gasteiger partial charge in [-0.25, -0.2) is 9.37 Å². The Morgan fingerprint density at radius 1 is 1.21 bits per heavy atom. The number of carbonyl (C=O) groups is 3. The number of benzene rings is 1. The van der Waals surface area contributed by atoms with Crippen LogP contribution in [0.15, 0.2) is 29.1 Å². The molecule has 4 rings (SSSR count). The molecule has 1 aromatic carbocycles. The van der Waals surface area contributed by atoms with Crippen LogP contribution in [0.5, 0.6) is 5.75 Å². The van der Waals surface area contributed by atoms with Crippen molar-refractivity contribution in [2.45, 2.75) is 37.9 Å². The van der Waals surface area contributed by atoms with E-state index in [-0.39, 0.29) is 18.3 Å². The lowest BCUT2D eigenvalue weighted by Gasteiger charge is -2.42. The van der Waals surface area contributed by atoms with Gasteiger partial charge in [0.15, 0.2) is 5.69 Å². The van der Waals surface area contributed by atoms with Crippen molar-refractivity contribution < 1.29 is 23.9 Å². The number of aromatic nitrogens is 2. The van der Waals surface area contributed by atoms with Crippen molar-refractivity contribution in [3.63, 3.8) is 0 Å². The van der Waals surface area contributed by atoms with Crippen LogP contribution < -0.4 is 10.9 Å². The van der Waals surface area contributed by atoms with Gasteiger partial charge in [-0.2, -0.15) is 0 Å². The Morgan fingerprint density at radius 2 is 1.88 bits per heavy atom. The highest BCUT2D eigenvalue weighted by molar-refractivity contribution is 6.34. The van der Waals surface area contributed by atoms with Gasteiger partial charge in [0.1, 0.15) is 17.2 Å². The number of nitrogens with one attached hydrogen (secondary N) is 1. The average Bonchev–Trinajstić information content (AvgIpc) is 3.18. The SMILES string of the molecule is CN(C)C(=O)C(=O)N(C)C12CCC(Cn3c1nc(C(=O)NCc1ccc(F)cc1)c(O)c3=O)C2. The van der Waals surface area contributed by atoms with E-state index in [1.165, 1.54) is 59.8 Å². The summed E-state index contributed by atoms with van der Waals surface area (Å²) in [6.45, 7) is 0.333. The summed E-state index contributed by atoms with van der Waals surface area (Å²) < 4.78 is 14.4. The Balaban J connectivity index is 1.71. The molecule has 2 N–H and O–H groups in total. The van der Waals surface area contributed by atoms with Gasteiger partial charge < -0.3 is 20.2 Å². The number of nitrogens with zero attached hydrogens (tertiary/aromatic N) is 4. The number of amides is 3. The first-order chi connectivity index (χ1) is 16.0. The maximum atomic E-state index is 13.1. The number of carbonyl (C=O) groups excluding carboxylic acids is 3. The fraction of sp³-hybridized carbons (Fsp3) is 0.435. The molecule has 1 fully saturated rings. The molecule has 1 aliphatic heterocycles. The number of rotatable bonds is 4. The maximum absolute atomic E-state index is 13.1. The van der Waals surface area contributed by atoms with E-state index in [1.807, 2.05) is 0 Å². The topological polar surface area (TPSA) is 125 Å². The van der Waals surface area contributed by atoms with E-state index < -0.39 is 46.1 Å². The first-order valence-corrected chi connectivity index (χ1v) is 10.9. The molecule has 1 saturated carbocycles. The monoisotopic (exact) mass is 471 g/mol. The molecule has 2 aliphatic rings. The zero-order chi connectivity index (χ0) is 24.8. The number of fused-ring (bicyclic) bond motifs is 4. The predicted molar refractivity (Wildman–Crippen MR) is 118 cm³/mol. The molecule has 0 radical (unpaired) electrons. The summed E-state index contributed by atoms with van der Waals surface area (Å²) in [6, 6.07) is 5.51. The van der Waals surface area contributed by atoms with Gasteiger partial charge in [-0.15, -0.1) is 0 Å². The largest absolute Gasteiger partial charge is 0.501 e. The van der Waals surface area contributed by atoms with Crippen molar-refractivity contribution >= 4 is 17.7 Å². The van der Waals surface area contributed by atoms with Crippen LogP contribution >= 0.6 is 0 Å². The highest BCUT2D eigenvalue weighted by atomic mass is 19.1. The number of hydrogen-bond acceptors (Lipinski definition) is 6. The van der Waals surface area contributed by atoms with Crippen LogP contribution in [-0.4, -0.2) is 63.3 Å². The Hall–Kier alpha value is -3.76. The Kier molecular flexibility index (Phi) is 5.88. The second kappa shape index (κ2) is 8.54. The second-order valence-corrected chi connectivity index (χ2v) is 9.06. The van der Waals surface area contributed by atoms with Crippen LogP contribution in [0.3, 0.4) is 0 Å². The minimum absolute atomic E-state index is 0.0294. The molecule has 180 valence electrons. The van der Waals surface area contributed by atoms with Crippen molar-refractivity contribution in [3.8, 4) is 5.75 Å². The Bertz CT molecular complexity index is 1230. The number of likely N-dealkylation sites (N-methyl/N-ethyl adjacent to an activating group) is 2. The first-order valence-electron chi connectivity index (χ1n) is 10.9. The lowest BCUT2D eigenvalue weighted by Crippen LogP contribution is -2.55. The third-order valence-electron chi connectivity index (χ3n) is 6.71. The molecule has 1 aliphatic carbocycles. The fourth-order valence-corrected chi connectivity index (χ4v) is 4.82. The van der Waals surface area contributed by atoms with Crippen molar-refractivity contribution in [2.24, 2.45) is 5.92 Å². The zero-order valence-corrected chi connectivity index (χ0v) is 19.2. The standard InChI is InChI=1S/C23H26FN5O5/c1-27(2)20(33)21(34)28(3)23-9-8-14(10-23)12-29-19(32)17(30)16(26-22(23)29)18(31)25-11-13-4-6-15(24)7-5-13/h4-7,14,30H,8-12H2,1-3H3,(H,25,31). The third kappa shape index (κ3) is 3.80. The Morgan fingerprint density at radius 3 is 2.53 bits per heavy atom. The molecule has 0 saturated heterocycles. The van der Waals surface area contributed by atoms with Crippen LogP contribution in [0, 0.1) is 11.7 Å². The molecule has 2 heterocycles. The third-order valence-corrected chi connectivity index (χ3v) is 6.71. The summed E-state index contributed by atoms with van der Waals surface area (Å²) in [6.07, 6.45) is 1.65. The minimum Gasteiger partial charge on any atom is -0.501 e. The second-order valence-electron chi connectivity index (χ2n) is 9.06. The van der Waals surface area contributed by atoms with E-state index in [0.29, 0.717) is 31.4 Å². The molecule has 1 aromatic heterocycles. The molecule has 2 atom stereocenters. The van der Waals surface area contributed by atoms with Crippen LogP contribution in [0.25, 0.3) is 0 Å². The van der Waals surface area contributed by atoms with E-state index >= 15 is 0 Å². The summed E-state index contributed by atoms with van der Waals surface area (Å²) in [7, 11) is 4.44. The van der Waals surface area contributed by atoms with E-state index in [0.717, 1.165) is 0 Å². The lowest BCUT2D eigenvalue weighted by atomic mass is 9.89. The Labute approximate surface area is 195 Å². The van der Waals surface area contributed by atoms with Gasteiger partial charge in [0.2, 0.25) is 5.75 Å². The summed E-state index contributed by atoms with van der Waals surface area (Å²) >= 11 is 0. The van der Waals surface area contributed by atoms with Crippen molar-refractivity contribution in [2.75, 3.05) is 21.1 Å². The van der Waals surface area contributed by atoms with E-state index in [2.05, 4.69) is 10.3 Å². The fourth-order valence-electron chi connectivity index (χ4n) is 4.82. The highest BCUT2D eigenvalue weighted by Gasteiger charge is 2.53. The summed E-state index contributed by atoms with van der Waals surface area (Å²) in [5.41, 5.74) is -1.66. The number of halogens is 1. The van der Waals surface area contributed by atoms with E-state index in [4.69, 9.17) is 0 Å². The van der Waals surface area contributed by atoms with Crippen molar-refractivity contribution in [3.05, 3.63) is 57.5 Å². The molecule has 10 nitrogen and oxygen atoms in total. The van der Waals surface area contributed by atoms with Gasteiger partial charge in [-0.3, -0.25) is 23.7 Å². The number of aromatic hydroxyl groups is 1. The van der Waals surface area contributed by atoms with Crippen LogP contribution in [-0.2, 0) is 28.2 Å². The van der Waals surface area contributed by atoms with Crippen LogP contribution in [0.4, 0.5) is 4.39 Å². The van der Waals surface area contributed by atoms with E-state index in [9.17, 15) is 28.7 Å². The molecular formula is C23H26FN5O5. The van der Waals surface area contributed by atoms with Gasteiger partial charge in [0.25, 0.3) is 11.5 Å². The normalized spacial score (nSPS) is 20.4. The molecule has 0 spiro atoms. The molecule has 2 bridgehead atoms. The summed E-state index contributed by atoms with van der Waals surface area (Å²) in [4.78, 5) is 58.0. The van der Waals surface area contributed by atoms with Crippen molar-refractivity contribution in [1.29, 1.82) is 0 Å². The highest BCUT2D eigenvalue weighted by Crippen LogP contribution is 2.49. The quantitative estimate of drug-likeness (QED) is 0.629. The smallest absolute Gasteiger partial charge is 0.312 e. The van der Waals surface area contributed by atoms with Gasteiger partial charge in [-0.1, -0.05) is 12.1 Å². The van der Waals surface area contributed by atoms with Crippen LogP contribution in [0.2, 0.25) is 0 Å². The molecule has 34 heavy (non-hydrogen) atoms. The first kappa shape index (κ1) is 23.4. The molecular weight excluding hydrogens is 445 g/mol. The van der Waals surface area contributed by atoms with Gasteiger partial charge >= 0.3 is 11.8 Å². The molecule has 2 unspecified atom stereocenters. The summed E-state index contributed by atoms with van der Waals surface area (Å²) in [5, 5.41) is 13.1. The molecule has 11 heteroatoms. The van der Waals surface area contributed by atoms with E-state index in [1.54, 1.807) is 0 Å². The molecule has 3 amide bonds. The van der Waals surface area contributed by atoms with Crippen LogP contribution in [0.1, 0.15) is 41.1 Å². The average molecular weight is 471 g/mol. The zero-order valence-electron chi connectivity index (χ0n) is 19.2. The van der Waals surface area contributed by atoms with Gasteiger partial charge in [0.05, 0.1) is 0 Å². The van der Waals surface area contributed by atoms with Gasteiger partial charge in [0, 0.05) is 34.2 Å². The molecule has 2 aromatic rings. The lowest BCUT2D eigenvalue weighted by molar-refractivity contribution is -0.154.